The quantitative estimate of drug-likeness (QED) is 0.562. The molecule has 0 amide bonds. The highest BCUT2D eigenvalue weighted by molar-refractivity contribution is 6.00. The number of aliphatic hydroxyl groups excluding tert-OH is 1. The number of aliphatic hydroxyl groups is 1. The number of ketones is 1. The Morgan fingerprint density at radius 2 is 1.83 bits per heavy atom. The van der Waals surface area contributed by atoms with Crippen molar-refractivity contribution in [2.75, 3.05) is 0 Å². The van der Waals surface area contributed by atoms with Crippen molar-refractivity contribution in [3.63, 3.8) is 0 Å². The number of aliphatic carboxylic acids is 1. The van der Waals surface area contributed by atoms with E-state index in [0.717, 1.165) is 38.5 Å². The summed E-state index contributed by atoms with van der Waals surface area (Å²) in [6, 6.07) is 9.34. The maximum Gasteiger partial charge on any atom is 0.303 e. The number of carbonyl (C=O) groups excluding carboxylic acids is 1. The van der Waals surface area contributed by atoms with Crippen molar-refractivity contribution in [2.45, 2.75) is 64.9 Å². The van der Waals surface area contributed by atoms with Gasteiger partial charge in [0.2, 0.25) is 0 Å². The Balaban J connectivity index is 1.71. The van der Waals surface area contributed by atoms with Gasteiger partial charge in [0.05, 0.1) is 6.10 Å². The normalized spacial score (nSPS) is 39.1. The molecule has 3 aliphatic carbocycles. The van der Waals surface area contributed by atoms with Crippen molar-refractivity contribution in [1.82, 2.24) is 0 Å². The Morgan fingerprint density at radius 3 is 2.52 bits per heavy atom. The van der Waals surface area contributed by atoms with Crippen LogP contribution in [0.5, 0.6) is 0 Å². The Labute approximate surface area is 173 Å². The summed E-state index contributed by atoms with van der Waals surface area (Å²) in [6.45, 7) is 4.30. The molecule has 156 valence electrons. The van der Waals surface area contributed by atoms with Crippen LogP contribution >= 0.6 is 0 Å². The third-order valence-corrected chi connectivity index (χ3v) is 8.42. The van der Waals surface area contributed by atoms with E-state index in [2.05, 4.69) is 13.0 Å². The molecule has 0 aliphatic heterocycles. The third kappa shape index (κ3) is 3.35. The summed E-state index contributed by atoms with van der Waals surface area (Å²) in [7, 11) is 0. The van der Waals surface area contributed by atoms with E-state index in [4.69, 9.17) is 0 Å². The van der Waals surface area contributed by atoms with Gasteiger partial charge in [-0.3, -0.25) is 9.59 Å². The van der Waals surface area contributed by atoms with Crippen LogP contribution in [-0.4, -0.2) is 28.1 Å². The summed E-state index contributed by atoms with van der Waals surface area (Å²) < 4.78 is 0. The summed E-state index contributed by atoms with van der Waals surface area (Å²) in [5.74, 6) is -0.325. The molecule has 6 unspecified atom stereocenters. The number of carbonyl (C=O) groups is 2. The number of benzene rings is 1. The predicted molar refractivity (Wildman–Crippen MR) is 112 cm³/mol. The number of hydrogen-bond acceptors (Lipinski definition) is 3. The lowest BCUT2D eigenvalue weighted by molar-refractivity contribution is -0.141. The zero-order chi connectivity index (χ0) is 20.8. The number of carboxylic acid groups (broad SMARTS) is 1. The van der Waals surface area contributed by atoms with Gasteiger partial charge in [-0.2, -0.15) is 0 Å². The molecule has 0 saturated heterocycles. The SMILES string of the molecule is CC1(C(=O)c2ccccc2)CCC2C(CC=C3CC(O)CCC32C)C1CC(=O)O. The molecule has 4 nitrogen and oxygen atoms in total. The van der Waals surface area contributed by atoms with Crippen molar-refractivity contribution < 1.29 is 19.8 Å². The molecule has 0 spiro atoms. The lowest BCUT2D eigenvalue weighted by Gasteiger charge is -2.58. The molecule has 4 rings (SSSR count). The molecule has 0 heterocycles. The Morgan fingerprint density at radius 1 is 1.10 bits per heavy atom. The first-order chi connectivity index (χ1) is 13.8. The fourth-order valence-electron chi connectivity index (χ4n) is 6.73. The number of rotatable bonds is 4. The van der Waals surface area contributed by atoms with Crippen molar-refractivity contribution in [3.05, 3.63) is 47.5 Å². The first kappa shape index (κ1) is 20.3. The molecule has 1 aromatic carbocycles. The first-order valence-electron chi connectivity index (χ1n) is 10.9. The lowest BCUT2D eigenvalue weighted by Crippen LogP contribution is -2.53. The topological polar surface area (TPSA) is 74.6 Å². The van der Waals surface area contributed by atoms with Crippen LogP contribution in [0, 0.1) is 28.6 Å². The fourth-order valence-corrected chi connectivity index (χ4v) is 6.73. The molecule has 6 atom stereocenters. The maximum absolute atomic E-state index is 13.6. The Bertz CT molecular complexity index is 828. The Hall–Kier alpha value is -1.94. The van der Waals surface area contributed by atoms with Gasteiger partial charge < -0.3 is 10.2 Å². The summed E-state index contributed by atoms with van der Waals surface area (Å²) >= 11 is 0. The molecule has 4 heteroatoms. The van der Waals surface area contributed by atoms with Crippen LogP contribution in [0.2, 0.25) is 0 Å². The molecule has 2 fully saturated rings. The number of Topliss-reactive ketones (excluding diaryl/α,β-unsaturated/α-hetero) is 1. The minimum Gasteiger partial charge on any atom is -0.481 e. The standard InChI is InChI=1S/C25H32O4/c1-24-12-10-18(26)14-17(24)8-9-19-20(24)11-13-25(2,21(19)15-22(27)28)23(29)16-6-4-3-5-7-16/h3-8,18-21,26H,9-15H2,1-2H3,(H,27,28). The number of allylic oxidation sites excluding steroid dienone is 1. The van der Waals surface area contributed by atoms with Crippen LogP contribution in [0.3, 0.4) is 0 Å². The third-order valence-electron chi connectivity index (χ3n) is 8.42. The van der Waals surface area contributed by atoms with Gasteiger partial charge in [-0.15, -0.1) is 0 Å². The van der Waals surface area contributed by atoms with Gasteiger partial charge in [0.1, 0.15) is 0 Å². The smallest absolute Gasteiger partial charge is 0.303 e. The minimum atomic E-state index is -0.818. The van der Waals surface area contributed by atoms with E-state index in [-0.39, 0.29) is 35.6 Å². The summed E-state index contributed by atoms with van der Waals surface area (Å²) in [5.41, 5.74) is 1.40. The van der Waals surface area contributed by atoms with E-state index in [9.17, 15) is 19.8 Å². The Kier molecular flexibility index (Phi) is 5.18. The highest BCUT2D eigenvalue weighted by atomic mass is 16.4. The minimum absolute atomic E-state index is 0.0238. The van der Waals surface area contributed by atoms with E-state index < -0.39 is 11.4 Å². The molecule has 0 radical (unpaired) electrons. The van der Waals surface area contributed by atoms with E-state index >= 15 is 0 Å². The molecule has 2 saturated carbocycles. The van der Waals surface area contributed by atoms with Crippen LogP contribution in [0.1, 0.15) is 69.2 Å². The van der Waals surface area contributed by atoms with Crippen molar-refractivity contribution >= 4 is 11.8 Å². The van der Waals surface area contributed by atoms with Crippen LogP contribution in [0.15, 0.2) is 42.0 Å². The number of carboxylic acids is 1. The number of fused-ring (bicyclic) bond motifs is 3. The van der Waals surface area contributed by atoms with Gasteiger partial charge in [-0.25, -0.2) is 0 Å². The molecule has 0 bridgehead atoms. The van der Waals surface area contributed by atoms with E-state index in [1.54, 1.807) is 0 Å². The summed E-state index contributed by atoms with van der Waals surface area (Å²) in [5, 5.41) is 19.9. The van der Waals surface area contributed by atoms with Gasteiger partial charge in [-0.1, -0.05) is 55.8 Å². The summed E-state index contributed by atoms with van der Waals surface area (Å²) in [6.07, 6.45) is 7.03. The molecule has 29 heavy (non-hydrogen) atoms. The molecular formula is C25H32O4. The van der Waals surface area contributed by atoms with Crippen molar-refractivity contribution in [3.8, 4) is 0 Å². The average Bonchev–Trinajstić information content (AvgIpc) is 2.70. The van der Waals surface area contributed by atoms with Crippen LogP contribution < -0.4 is 0 Å². The molecule has 3 aliphatic rings. The second-order valence-corrected chi connectivity index (χ2v) is 9.91. The van der Waals surface area contributed by atoms with E-state index in [0.29, 0.717) is 11.5 Å². The van der Waals surface area contributed by atoms with Gasteiger partial charge in [0, 0.05) is 17.4 Å². The second-order valence-electron chi connectivity index (χ2n) is 9.91. The molecule has 2 N–H and O–H groups in total. The van der Waals surface area contributed by atoms with E-state index in [1.807, 2.05) is 37.3 Å². The first-order valence-corrected chi connectivity index (χ1v) is 10.9. The summed E-state index contributed by atoms with van der Waals surface area (Å²) in [4.78, 5) is 25.4. The van der Waals surface area contributed by atoms with Crippen molar-refractivity contribution in [1.29, 1.82) is 0 Å². The highest BCUT2D eigenvalue weighted by Gasteiger charge is 2.57. The van der Waals surface area contributed by atoms with Crippen molar-refractivity contribution in [2.24, 2.45) is 28.6 Å². The average molecular weight is 397 g/mol. The van der Waals surface area contributed by atoms with Crippen LogP contribution in [-0.2, 0) is 4.79 Å². The zero-order valence-electron chi connectivity index (χ0n) is 17.4. The molecular weight excluding hydrogens is 364 g/mol. The van der Waals surface area contributed by atoms with E-state index in [1.165, 1.54) is 5.57 Å². The van der Waals surface area contributed by atoms with Gasteiger partial charge in [0.15, 0.2) is 5.78 Å². The fraction of sp³-hybridized carbons (Fsp3) is 0.600. The monoisotopic (exact) mass is 396 g/mol. The van der Waals surface area contributed by atoms with Gasteiger partial charge in [0.25, 0.3) is 0 Å². The highest BCUT2D eigenvalue weighted by Crippen LogP contribution is 2.62. The second kappa shape index (κ2) is 7.39. The molecule has 0 aromatic heterocycles. The van der Waals surface area contributed by atoms with Crippen LogP contribution in [0.4, 0.5) is 0 Å². The van der Waals surface area contributed by atoms with Crippen LogP contribution in [0.25, 0.3) is 0 Å². The maximum atomic E-state index is 13.6. The number of hydrogen-bond donors (Lipinski definition) is 2. The predicted octanol–water partition coefficient (Wildman–Crippen LogP) is 4.87. The lowest BCUT2D eigenvalue weighted by atomic mass is 9.46. The van der Waals surface area contributed by atoms with Gasteiger partial charge >= 0.3 is 5.97 Å². The largest absolute Gasteiger partial charge is 0.481 e. The zero-order valence-corrected chi connectivity index (χ0v) is 17.4. The van der Waals surface area contributed by atoms with Gasteiger partial charge in [-0.05, 0) is 61.7 Å². The molecule has 1 aromatic rings.